The van der Waals surface area contributed by atoms with Gasteiger partial charge in [0.05, 0.1) is 21.3 Å². The molecule has 3 aromatic rings. The van der Waals surface area contributed by atoms with Crippen LogP contribution < -0.4 is 14.2 Å². The highest BCUT2D eigenvalue weighted by Gasteiger charge is 2.14. The van der Waals surface area contributed by atoms with Gasteiger partial charge in [-0.2, -0.15) is 0 Å². The van der Waals surface area contributed by atoms with Gasteiger partial charge in [-0.15, -0.1) is 0 Å². The van der Waals surface area contributed by atoms with Gasteiger partial charge in [-0.1, -0.05) is 0 Å². The van der Waals surface area contributed by atoms with Crippen LogP contribution in [0.4, 0.5) is 0 Å². The minimum absolute atomic E-state index is 0.584. The zero-order chi connectivity index (χ0) is 15.7. The van der Waals surface area contributed by atoms with E-state index in [1.54, 1.807) is 21.3 Å². The van der Waals surface area contributed by atoms with Crippen LogP contribution in [-0.2, 0) is 0 Å². The highest BCUT2D eigenvalue weighted by molar-refractivity contribution is 5.85. The Morgan fingerprint density at radius 2 is 1.59 bits per heavy atom. The molecule has 5 heteroatoms. The van der Waals surface area contributed by atoms with Crippen molar-refractivity contribution >= 4 is 11.0 Å². The number of pyridine rings is 1. The lowest BCUT2D eigenvalue weighted by Gasteiger charge is -2.14. The van der Waals surface area contributed by atoms with Gasteiger partial charge >= 0.3 is 0 Å². The molecule has 0 aliphatic carbocycles. The topological polar surface area (TPSA) is 56.4 Å². The van der Waals surface area contributed by atoms with Crippen molar-refractivity contribution in [3.63, 3.8) is 0 Å². The molecule has 2 heterocycles. The van der Waals surface area contributed by atoms with E-state index in [9.17, 15) is 0 Å². The van der Waals surface area contributed by atoms with E-state index in [2.05, 4.69) is 23.0 Å². The van der Waals surface area contributed by atoms with E-state index < -0.39 is 0 Å². The minimum Gasteiger partial charge on any atom is -0.493 e. The van der Waals surface area contributed by atoms with E-state index in [1.165, 1.54) is 0 Å². The summed E-state index contributed by atoms with van der Waals surface area (Å²) in [6, 6.07) is 5.95. The molecule has 114 valence electrons. The lowest BCUT2D eigenvalue weighted by atomic mass is 10.0. The standard InChI is InChI=1S/C17H18N2O3/c1-10-8-18-17-13(10)5-12(9-19-17)11-6-14(20-2)16(22-4)15(7-11)21-3/h5-9H,1-4H3,(H,18,19). The van der Waals surface area contributed by atoms with Crippen molar-refractivity contribution in [3.05, 3.63) is 36.2 Å². The second-order valence-corrected chi connectivity index (χ2v) is 5.01. The summed E-state index contributed by atoms with van der Waals surface area (Å²) in [5.74, 6) is 1.84. The Balaban J connectivity index is 2.18. The molecule has 0 amide bonds. The molecule has 2 aromatic heterocycles. The van der Waals surface area contributed by atoms with Gasteiger partial charge in [0.15, 0.2) is 11.5 Å². The number of nitrogens with zero attached hydrogens (tertiary/aromatic N) is 1. The molecule has 0 atom stereocenters. The monoisotopic (exact) mass is 298 g/mol. The average Bonchev–Trinajstić information content (AvgIpc) is 2.94. The van der Waals surface area contributed by atoms with Crippen LogP contribution in [0.1, 0.15) is 5.56 Å². The average molecular weight is 298 g/mol. The predicted octanol–water partition coefficient (Wildman–Crippen LogP) is 3.56. The maximum atomic E-state index is 5.41. The van der Waals surface area contributed by atoms with Gasteiger partial charge in [-0.3, -0.25) is 0 Å². The molecule has 0 saturated heterocycles. The number of ether oxygens (including phenoxy) is 3. The number of rotatable bonds is 4. The Kier molecular flexibility index (Phi) is 3.63. The van der Waals surface area contributed by atoms with Crippen molar-refractivity contribution in [1.29, 1.82) is 0 Å². The third-order valence-electron chi connectivity index (χ3n) is 3.74. The fourth-order valence-electron chi connectivity index (χ4n) is 2.54. The van der Waals surface area contributed by atoms with Crippen molar-refractivity contribution in [3.8, 4) is 28.4 Å². The third-order valence-corrected chi connectivity index (χ3v) is 3.74. The third kappa shape index (κ3) is 2.24. The van der Waals surface area contributed by atoms with E-state index in [0.29, 0.717) is 17.2 Å². The largest absolute Gasteiger partial charge is 0.493 e. The first-order chi connectivity index (χ1) is 10.7. The Morgan fingerprint density at radius 3 is 2.18 bits per heavy atom. The van der Waals surface area contributed by atoms with E-state index >= 15 is 0 Å². The van der Waals surface area contributed by atoms with Gasteiger partial charge in [0, 0.05) is 23.3 Å². The Labute approximate surface area is 128 Å². The Hall–Kier alpha value is -2.69. The van der Waals surface area contributed by atoms with E-state index in [0.717, 1.165) is 27.7 Å². The molecular formula is C17H18N2O3. The lowest BCUT2D eigenvalue weighted by Crippen LogP contribution is -1.95. The van der Waals surface area contributed by atoms with E-state index in [4.69, 9.17) is 14.2 Å². The summed E-state index contributed by atoms with van der Waals surface area (Å²) >= 11 is 0. The smallest absolute Gasteiger partial charge is 0.203 e. The summed E-state index contributed by atoms with van der Waals surface area (Å²) in [5.41, 5.74) is 4.00. The van der Waals surface area contributed by atoms with Crippen molar-refractivity contribution in [2.24, 2.45) is 0 Å². The summed E-state index contributed by atoms with van der Waals surface area (Å²) in [5, 5.41) is 1.10. The fourth-order valence-corrected chi connectivity index (χ4v) is 2.54. The predicted molar refractivity (Wildman–Crippen MR) is 85.9 cm³/mol. The van der Waals surface area contributed by atoms with Crippen LogP contribution >= 0.6 is 0 Å². The summed E-state index contributed by atoms with van der Waals surface area (Å²) in [7, 11) is 4.81. The number of methoxy groups -OCH3 is 3. The zero-order valence-corrected chi connectivity index (χ0v) is 13.1. The number of nitrogens with one attached hydrogen (secondary N) is 1. The van der Waals surface area contributed by atoms with E-state index in [1.807, 2.05) is 24.5 Å². The Morgan fingerprint density at radius 1 is 0.909 bits per heavy atom. The summed E-state index contributed by atoms with van der Waals surface area (Å²) in [4.78, 5) is 7.61. The van der Waals surface area contributed by atoms with Crippen LogP contribution in [0.2, 0.25) is 0 Å². The van der Waals surface area contributed by atoms with Crippen molar-refractivity contribution in [2.45, 2.75) is 6.92 Å². The number of hydrogen-bond donors (Lipinski definition) is 1. The highest BCUT2D eigenvalue weighted by atomic mass is 16.5. The van der Waals surface area contributed by atoms with Crippen molar-refractivity contribution in [2.75, 3.05) is 21.3 Å². The molecule has 0 saturated carbocycles. The van der Waals surface area contributed by atoms with Crippen LogP contribution in [-0.4, -0.2) is 31.3 Å². The van der Waals surface area contributed by atoms with Gasteiger partial charge in [-0.05, 0) is 36.2 Å². The molecule has 0 unspecified atom stereocenters. The number of aromatic amines is 1. The molecule has 0 aliphatic heterocycles. The first-order valence-electron chi connectivity index (χ1n) is 6.92. The molecule has 5 nitrogen and oxygen atoms in total. The molecule has 0 fully saturated rings. The summed E-state index contributed by atoms with van der Waals surface area (Å²) < 4.78 is 16.2. The van der Waals surface area contributed by atoms with Gasteiger partial charge in [-0.25, -0.2) is 4.98 Å². The number of H-pyrrole nitrogens is 1. The molecule has 22 heavy (non-hydrogen) atoms. The number of benzene rings is 1. The number of aryl methyl sites for hydroxylation is 1. The normalized spacial score (nSPS) is 10.7. The highest BCUT2D eigenvalue weighted by Crippen LogP contribution is 2.41. The van der Waals surface area contributed by atoms with Crippen LogP contribution in [0.25, 0.3) is 22.2 Å². The van der Waals surface area contributed by atoms with Crippen LogP contribution in [0.15, 0.2) is 30.6 Å². The van der Waals surface area contributed by atoms with Gasteiger partial charge in [0.1, 0.15) is 5.65 Å². The second kappa shape index (κ2) is 5.60. The molecule has 0 radical (unpaired) electrons. The summed E-state index contributed by atoms with van der Waals surface area (Å²) in [6.45, 7) is 2.06. The van der Waals surface area contributed by atoms with Crippen molar-refractivity contribution < 1.29 is 14.2 Å². The molecule has 0 bridgehead atoms. The van der Waals surface area contributed by atoms with Gasteiger partial charge < -0.3 is 19.2 Å². The number of aromatic nitrogens is 2. The maximum Gasteiger partial charge on any atom is 0.203 e. The molecule has 0 aliphatic rings. The van der Waals surface area contributed by atoms with Crippen molar-refractivity contribution in [1.82, 2.24) is 9.97 Å². The first kappa shape index (κ1) is 14.3. The second-order valence-electron chi connectivity index (χ2n) is 5.01. The lowest BCUT2D eigenvalue weighted by molar-refractivity contribution is 0.324. The number of fused-ring (bicyclic) bond motifs is 1. The van der Waals surface area contributed by atoms with Gasteiger partial charge in [0.25, 0.3) is 0 Å². The quantitative estimate of drug-likeness (QED) is 0.800. The van der Waals surface area contributed by atoms with Crippen LogP contribution in [0.3, 0.4) is 0 Å². The molecule has 0 spiro atoms. The molecular weight excluding hydrogens is 280 g/mol. The minimum atomic E-state index is 0.584. The molecule has 3 rings (SSSR count). The molecule has 1 N–H and O–H groups in total. The van der Waals surface area contributed by atoms with E-state index in [-0.39, 0.29) is 0 Å². The fraction of sp³-hybridized carbons (Fsp3) is 0.235. The maximum absolute atomic E-state index is 5.41. The number of hydrogen-bond acceptors (Lipinski definition) is 4. The zero-order valence-electron chi connectivity index (χ0n) is 13.1. The SMILES string of the molecule is COc1cc(-c2cnc3[nH]cc(C)c3c2)cc(OC)c1OC. The summed E-state index contributed by atoms with van der Waals surface area (Å²) in [6.07, 6.45) is 3.79. The Bertz CT molecular complexity index is 799. The van der Waals surface area contributed by atoms with Crippen LogP contribution in [0, 0.1) is 6.92 Å². The van der Waals surface area contributed by atoms with Crippen LogP contribution in [0.5, 0.6) is 17.2 Å². The first-order valence-corrected chi connectivity index (χ1v) is 6.92. The molecule has 1 aromatic carbocycles. The van der Waals surface area contributed by atoms with Gasteiger partial charge in [0.2, 0.25) is 5.75 Å².